The third-order valence-electron chi connectivity index (χ3n) is 2.18. The zero-order valence-electron chi connectivity index (χ0n) is 8.49. The fraction of sp³-hybridized carbons (Fsp3) is 0.0909. The van der Waals surface area contributed by atoms with Gasteiger partial charge in [-0.25, -0.2) is 9.97 Å². The van der Waals surface area contributed by atoms with E-state index >= 15 is 0 Å². The van der Waals surface area contributed by atoms with E-state index in [2.05, 4.69) is 9.97 Å². The van der Waals surface area contributed by atoms with Gasteiger partial charge in [-0.1, -0.05) is 0 Å². The molecule has 17 heavy (non-hydrogen) atoms. The Morgan fingerprint density at radius 1 is 1.18 bits per heavy atom. The van der Waals surface area contributed by atoms with E-state index in [9.17, 15) is 18.3 Å². The van der Waals surface area contributed by atoms with Gasteiger partial charge in [-0.2, -0.15) is 13.2 Å². The number of hydrogen-bond acceptors (Lipinski definition) is 2. The normalized spacial score (nSPS) is 11.5. The second-order valence-corrected chi connectivity index (χ2v) is 3.36. The summed E-state index contributed by atoms with van der Waals surface area (Å²) in [5, 5.41) is 9.50. The molecule has 0 saturated carbocycles. The number of hydrogen-bond donors (Lipinski definition) is 1. The summed E-state index contributed by atoms with van der Waals surface area (Å²) < 4.78 is 36.9. The topological polar surface area (TPSA) is 47.3 Å². The molecule has 0 unspecified atom stereocenters. The molecule has 2 rings (SSSR count). The first kappa shape index (κ1) is 11.4. The van der Waals surface area contributed by atoms with Crippen LogP contribution in [0.2, 0.25) is 0 Å². The molecule has 3 nitrogen and oxygen atoms in total. The largest absolute Gasteiger partial charge is 0.502 e. The lowest BCUT2D eigenvalue weighted by Crippen LogP contribution is -2.08. The van der Waals surface area contributed by atoms with E-state index in [4.69, 9.17) is 0 Å². The molecule has 2 aromatic heterocycles. The lowest BCUT2D eigenvalue weighted by molar-refractivity contribution is -0.365. The molecule has 0 aromatic carbocycles. The van der Waals surface area contributed by atoms with Gasteiger partial charge in [-0.3, -0.25) is 0 Å². The van der Waals surface area contributed by atoms with Crippen molar-refractivity contribution in [1.29, 1.82) is 0 Å². The molecule has 6 heteroatoms. The Kier molecular flexibility index (Phi) is 2.71. The maximum atomic E-state index is 12.3. The lowest BCUT2D eigenvalue weighted by atomic mass is 10.2. The number of pyridine rings is 2. The maximum absolute atomic E-state index is 12.3. The highest BCUT2D eigenvalue weighted by Crippen LogP contribution is 2.30. The van der Waals surface area contributed by atoms with Crippen LogP contribution in [0.5, 0.6) is 5.75 Å². The predicted octanol–water partition coefficient (Wildman–Crippen LogP) is 2.29. The second-order valence-electron chi connectivity index (χ2n) is 3.36. The summed E-state index contributed by atoms with van der Waals surface area (Å²) in [5.41, 5.74) is -0.297. The number of aromatic amines is 1. The number of nitrogens with one attached hydrogen (secondary N) is 1. The van der Waals surface area contributed by atoms with Crippen LogP contribution < -0.4 is 4.98 Å². The number of rotatable bonds is 1. The van der Waals surface area contributed by atoms with Crippen molar-refractivity contribution < 1.29 is 23.3 Å². The number of alkyl halides is 3. The molecular formula is C11H8F3N2O+. The van der Waals surface area contributed by atoms with Crippen LogP contribution in [-0.2, 0) is 6.18 Å². The molecule has 0 aliphatic heterocycles. The zero-order valence-corrected chi connectivity index (χ0v) is 8.49. The molecule has 0 bridgehead atoms. The van der Waals surface area contributed by atoms with Gasteiger partial charge in [0, 0.05) is 12.3 Å². The summed E-state index contributed by atoms with van der Waals surface area (Å²) in [7, 11) is 0. The molecule has 0 aliphatic carbocycles. The molecule has 88 valence electrons. The van der Waals surface area contributed by atoms with Crippen LogP contribution in [0.1, 0.15) is 5.56 Å². The van der Waals surface area contributed by atoms with Crippen LogP contribution in [0.25, 0.3) is 11.4 Å². The second kappa shape index (κ2) is 4.04. The highest BCUT2D eigenvalue weighted by atomic mass is 19.4. The first-order chi connectivity index (χ1) is 7.98. The van der Waals surface area contributed by atoms with Gasteiger partial charge in [0.15, 0.2) is 11.9 Å². The lowest BCUT2D eigenvalue weighted by Gasteiger charge is -2.05. The molecule has 2 aromatic rings. The van der Waals surface area contributed by atoms with E-state index in [1.54, 1.807) is 12.3 Å². The van der Waals surface area contributed by atoms with Crippen molar-refractivity contribution in [1.82, 2.24) is 4.98 Å². The highest BCUT2D eigenvalue weighted by molar-refractivity contribution is 5.58. The van der Waals surface area contributed by atoms with E-state index in [-0.39, 0.29) is 17.1 Å². The van der Waals surface area contributed by atoms with E-state index in [1.165, 1.54) is 12.1 Å². The third-order valence-corrected chi connectivity index (χ3v) is 2.18. The summed E-state index contributed by atoms with van der Waals surface area (Å²) in [6.07, 6.45) is -2.13. The monoisotopic (exact) mass is 241 g/mol. The molecule has 0 amide bonds. The SMILES string of the molecule is Oc1ccc[nH+]c1-c1ccc(C(F)(F)F)cn1. The number of aromatic hydroxyl groups is 1. The van der Waals surface area contributed by atoms with Crippen molar-refractivity contribution in [3.05, 3.63) is 42.2 Å². The fourth-order valence-corrected chi connectivity index (χ4v) is 1.34. The van der Waals surface area contributed by atoms with E-state index in [0.717, 1.165) is 12.3 Å². The Hall–Kier alpha value is -2.11. The average Bonchev–Trinajstić information content (AvgIpc) is 2.29. The Labute approximate surface area is 94.6 Å². The first-order valence-electron chi connectivity index (χ1n) is 4.72. The Morgan fingerprint density at radius 2 is 1.94 bits per heavy atom. The van der Waals surface area contributed by atoms with Crippen LogP contribution in [0, 0.1) is 0 Å². The van der Waals surface area contributed by atoms with Crippen LogP contribution in [-0.4, -0.2) is 10.1 Å². The van der Waals surface area contributed by atoms with Gasteiger partial charge in [-0.15, -0.1) is 0 Å². The number of halogens is 3. The van der Waals surface area contributed by atoms with E-state index < -0.39 is 11.7 Å². The molecule has 0 atom stereocenters. The van der Waals surface area contributed by atoms with Gasteiger partial charge >= 0.3 is 6.18 Å². The average molecular weight is 241 g/mol. The highest BCUT2D eigenvalue weighted by Gasteiger charge is 2.31. The summed E-state index contributed by atoms with van der Waals surface area (Å²) in [6, 6.07) is 5.12. The van der Waals surface area contributed by atoms with Gasteiger partial charge in [0.25, 0.3) is 5.69 Å². The first-order valence-corrected chi connectivity index (χ1v) is 4.72. The minimum absolute atomic E-state index is 0.0697. The summed E-state index contributed by atoms with van der Waals surface area (Å²) in [5.74, 6) is -0.0697. The summed E-state index contributed by atoms with van der Waals surface area (Å²) >= 11 is 0. The van der Waals surface area contributed by atoms with Crippen molar-refractivity contribution in [2.75, 3.05) is 0 Å². The molecule has 0 saturated heterocycles. The fourth-order valence-electron chi connectivity index (χ4n) is 1.34. The predicted molar refractivity (Wildman–Crippen MR) is 52.9 cm³/mol. The van der Waals surface area contributed by atoms with Gasteiger partial charge in [0.2, 0.25) is 0 Å². The van der Waals surface area contributed by atoms with Crippen molar-refractivity contribution in [2.24, 2.45) is 0 Å². The number of H-pyrrole nitrogens is 1. The third kappa shape index (κ3) is 2.35. The molecule has 2 heterocycles. The molecule has 0 spiro atoms. The molecule has 0 fully saturated rings. The van der Waals surface area contributed by atoms with Gasteiger partial charge in [0.05, 0.1) is 5.56 Å². The Balaban J connectivity index is 2.40. The smallest absolute Gasteiger partial charge is 0.417 e. The van der Waals surface area contributed by atoms with Crippen LogP contribution in [0.15, 0.2) is 36.7 Å². The van der Waals surface area contributed by atoms with Gasteiger partial charge in [-0.05, 0) is 18.2 Å². The summed E-state index contributed by atoms with van der Waals surface area (Å²) in [6.45, 7) is 0. The molecule has 2 N–H and O–H groups in total. The zero-order chi connectivity index (χ0) is 12.5. The minimum atomic E-state index is -4.41. The van der Waals surface area contributed by atoms with Crippen LogP contribution >= 0.6 is 0 Å². The van der Waals surface area contributed by atoms with Gasteiger partial charge in [0.1, 0.15) is 5.69 Å². The van der Waals surface area contributed by atoms with Gasteiger partial charge < -0.3 is 5.11 Å². The standard InChI is InChI=1S/C11H7F3N2O/c12-11(13,14)7-3-4-8(16-6-7)10-9(17)2-1-5-15-10/h1-6,17H/p+1. The van der Waals surface area contributed by atoms with E-state index in [0.29, 0.717) is 0 Å². The van der Waals surface area contributed by atoms with Crippen molar-refractivity contribution in [3.63, 3.8) is 0 Å². The molecule has 0 radical (unpaired) electrons. The number of nitrogens with zero attached hydrogens (tertiary/aromatic N) is 1. The minimum Gasteiger partial charge on any atom is -0.502 e. The molecule has 0 aliphatic rings. The maximum Gasteiger partial charge on any atom is 0.417 e. The van der Waals surface area contributed by atoms with Crippen molar-refractivity contribution in [2.45, 2.75) is 6.18 Å². The molecular weight excluding hydrogens is 233 g/mol. The van der Waals surface area contributed by atoms with Crippen LogP contribution in [0.4, 0.5) is 13.2 Å². The number of aromatic nitrogens is 2. The van der Waals surface area contributed by atoms with E-state index in [1.807, 2.05) is 0 Å². The summed E-state index contributed by atoms with van der Waals surface area (Å²) in [4.78, 5) is 6.38. The Morgan fingerprint density at radius 3 is 2.47 bits per heavy atom. The van der Waals surface area contributed by atoms with Crippen molar-refractivity contribution >= 4 is 0 Å². The quantitative estimate of drug-likeness (QED) is 0.832. The Bertz CT molecular complexity index is 523. The van der Waals surface area contributed by atoms with Crippen LogP contribution in [0.3, 0.4) is 0 Å². The van der Waals surface area contributed by atoms with Crippen molar-refractivity contribution in [3.8, 4) is 17.1 Å².